The standard InChI is InChI=1S/C22H27N3O2S3/c1-14-9-17(24(4)12-14)21(27)25(5)16-7-8-18-15(10-16)11-19(29-18)20(26)23-13-22(2,3)30(6)28/h7-12H,13H2,1-6H3,(H,23,26). The summed E-state index contributed by atoms with van der Waals surface area (Å²) in [5.41, 5.74) is 2.48. The molecule has 0 saturated heterocycles. The van der Waals surface area contributed by atoms with Gasteiger partial charge in [0, 0.05) is 42.0 Å². The van der Waals surface area contributed by atoms with Crippen molar-refractivity contribution >= 4 is 59.6 Å². The Morgan fingerprint density at radius 1 is 1.27 bits per heavy atom. The number of fused-ring (bicyclic) bond motifs is 1. The van der Waals surface area contributed by atoms with Crippen LogP contribution in [0.5, 0.6) is 0 Å². The smallest absolute Gasteiger partial charge is 0.274 e. The van der Waals surface area contributed by atoms with Gasteiger partial charge < -0.3 is 14.8 Å². The molecule has 1 atom stereocenters. The molecule has 0 bridgehead atoms. The van der Waals surface area contributed by atoms with Gasteiger partial charge in [0.15, 0.2) is 0 Å². The monoisotopic (exact) mass is 461 g/mol. The summed E-state index contributed by atoms with van der Waals surface area (Å²) in [6.45, 7) is 6.66. The van der Waals surface area contributed by atoms with Crippen LogP contribution in [-0.4, -0.2) is 41.0 Å². The van der Waals surface area contributed by atoms with Crippen molar-refractivity contribution < 1.29 is 9.59 Å². The van der Waals surface area contributed by atoms with E-state index in [0.29, 0.717) is 17.1 Å². The van der Waals surface area contributed by atoms with Crippen LogP contribution in [0.1, 0.15) is 39.6 Å². The van der Waals surface area contributed by atoms with E-state index in [4.69, 9.17) is 11.2 Å². The third-order valence-electron chi connectivity index (χ3n) is 5.23. The van der Waals surface area contributed by atoms with Gasteiger partial charge in [0.1, 0.15) is 5.69 Å². The molecule has 2 heterocycles. The highest BCUT2D eigenvalue weighted by Crippen LogP contribution is 2.30. The van der Waals surface area contributed by atoms with Crippen LogP contribution < -0.4 is 10.2 Å². The van der Waals surface area contributed by atoms with Crippen molar-refractivity contribution in [3.63, 3.8) is 0 Å². The van der Waals surface area contributed by atoms with Gasteiger partial charge in [-0.2, -0.15) is 0 Å². The van der Waals surface area contributed by atoms with Gasteiger partial charge in [-0.15, -0.1) is 20.8 Å². The van der Waals surface area contributed by atoms with E-state index in [1.807, 2.05) is 61.3 Å². The number of aryl methyl sites for hydroxylation is 2. The third kappa shape index (κ3) is 4.66. The molecule has 1 N–H and O–H groups in total. The molecule has 2 aromatic heterocycles. The highest BCUT2D eigenvalue weighted by Gasteiger charge is 2.22. The highest BCUT2D eigenvalue weighted by molar-refractivity contribution is 8.29. The molecule has 0 fully saturated rings. The Balaban J connectivity index is 1.80. The average Bonchev–Trinajstić information content (AvgIpc) is 3.26. The summed E-state index contributed by atoms with van der Waals surface area (Å²) in [6.07, 6.45) is 3.94. The molecule has 3 rings (SSSR count). The maximum Gasteiger partial charge on any atom is 0.274 e. The second kappa shape index (κ2) is 8.61. The Kier molecular flexibility index (Phi) is 6.50. The molecule has 2 amide bonds. The Hall–Kier alpha value is -2.03. The van der Waals surface area contributed by atoms with Gasteiger partial charge in [0.05, 0.1) is 4.88 Å². The summed E-state index contributed by atoms with van der Waals surface area (Å²) >= 11 is 6.84. The van der Waals surface area contributed by atoms with Crippen molar-refractivity contribution in [2.75, 3.05) is 24.7 Å². The van der Waals surface area contributed by atoms with E-state index in [0.717, 1.165) is 21.3 Å². The quantitative estimate of drug-likeness (QED) is 0.603. The number of carbonyl (C=O) groups is 2. The Bertz CT molecular complexity index is 1140. The zero-order valence-electron chi connectivity index (χ0n) is 18.1. The molecule has 0 aliphatic carbocycles. The number of benzene rings is 1. The summed E-state index contributed by atoms with van der Waals surface area (Å²) < 4.78 is 2.73. The first-order chi connectivity index (χ1) is 14.0. The van der Waals surface area contributed by atoms with E-state index in [-0.39, 0.29) is 26.0 Å². The van der Waals surface area contributed by atoms with Crippen molar-refractivity contribution in [1.82, 2.24) is 9.88 Å². The summed E-state index contributed by atoms with van der Waals surface area (Å²) in [7, 11) is 3.43. The van der Waals surface area contributed by atoms with Crippen LogP contribution in [0.3, 0.4) is 0 Å². The molecule has 0 spiro atoms. The molecule has 30 heavy (non-hydrogen) atoms. The van der Waals surface area contributed by atoms with Gasteiger partial charge in [0.25, 0.3) is 11.8 Å². The van der Waals surface area contributed by atoms with E-state index < -0.39 is 0 Å². The average molecular weight is 462 g/mol. The Morgan fingerprint density at radius 3 is 2.57 bits per heavy atom. The molecular formula is C22H27N3O2S3. The molecule has 1 unspecified atom stereocenters. The number of nitrogens with zero attached hydrogens (tertiary/aromatic N) is 2. The fraction of sp³-hybridized carbons (Fsp3) is 0.364. The molecule has 3 aromatic rings. The molecule has 0 radical (unpaired) electrons. The second-order valence-electron chi connectivity index (χ2n) is 8.11. The number of anilines is 1. The lowest BCUT2D eigenvalue weighted by Crippen LogP contribution is -2.40. The lowest BCUT2D eigenvalue weighted by atomic mass is 10.2. The van der Waals surface area contributed by atoms with Crippen LogP contribution in [0.25, 0.3) is 10.1 Å². The van der Waals surface area contributed by atoms with Crippen LogP contribution in [0.2, 0.25) is 0 Å². The van der Waals surface area contributed by atoms with Gasteiger partial charge in [-0.1, -0.05) is 11.2 Å². The summed E-state index contributed by atoms with van der Waals surface area (Å²) in [4.78, 5) is 27.8. The van der Waals surface area contributed by atoms with Crippen LogP contribution >= 0.6 is 11.3 Å². The number of nitrogens with one attached hydrogen (secondary N) is 1. The fourth-order valence-electron chi connectivity index (χ4n) is 3.06. The van der Waals surface area contributed by atoms with Crippen LogP contribution in [-0.2, 0) is 27.7 Å². The topological polar surface area (TPSA) is 54.3 Å². The number of thiophene rings is 1. The SMILES string of the molecule is Cc1cc(C(=O)N(C)c2ccc3sc(C(=O)NCC(C)(C)S(C)=S)cc3c2)n(C)c1. The van der Waals surface area contributed by atoms with E-state index in [1.165, 1.54) is 11.3 Å². The lowest BCUT2D eigenvalue weighted by Gasteiger charge is -2.24. The van der Waals surface area contributed by atoms with Crippen molar-refractivity contribution in [2.24, 2.45) is 7.05 Å². The molecule has 8 heteroatoms. The Labute approximate surface area is 188 Å². The van der Waals surface area contributed by atoms with Gasteiger partial charge in [-0.05, 0) is 68.3 Å². The Morgan fingerprint density at radius 2 is 1.97 bits per heavy atom. The number of hydrogen-bond donors (Lipinski definition) is 1. The van der Waals surface area contributed by atoms with E-state index >= 15 is 0 Å². The van der Waals surface area contributed by atoms with Crippen LogP contribution in [0.15, 0.2) is 36.5 Å². The molecule has 0 saturated carbocycles. The molecule has 160 valence electrons. The van der Waals surface area contributed by atoms with Gasteiger partial charge in [-0.3, -0.25) is 9.59 Å². The van der Waals surface area contributed by atoms with Crippen molar-refractivity contribution in [3.05, 3.63) is 52.7 Å². The number of aromatic nitrogens is 1. The predicted molar refractivity (Wildman–Crippen MR) is 132 cm³/mol. The minimum Gasteiger partial charge on any atom is -0.350 e. The molecular weight excluding hydrogens is 434 g/mol. The summed E-state index contributed by atoms with van der Waals surface area (Å²) in [6, 6.07) is 9.60. The largest absolute Gasteiger partial charge is 0.350 e. The van der Waals surface area contributed by atoms with Crippen LogP contribution in [0.4, 0.5) is 5.69 Å². The molecule has 5 nitrogen and oxygen atoms in total. The normalized spacial score (nSPS) is 12.7. The number of rotatable bonds is 6. The van der Waals surface area contributed by atoms with Gasteiger partial charge in [0.2, 0.25) is 0 Å². The van der Waals surface area contributed by atoms with Gasteiger partial charge >= 0.3 is 0 Å². The maximum absolute atomic E-state index is 12.9. The first-order valence-electron chi connectivity index (χ1n) is 9.56. The first-order valence-corrected chi connectivity index (χ1v) is 12.9. The predicted octanol–water partition coefficient (Wildman–Crippen LogP) is 4.04. The number of carbonyl (C=O) groups excluding carboxylic acids is 2. The maximum atomic E-state index is 12.9. The highest BCUT2D eigenvalue weighted by atomic mass is 32.8. The second-order valence-corrected chi connectivity index (χ2v) is 12.7. The van der Waals surface area contributed by atoms with Crippen molar-refractivity contribution in [1.29, 1.82) is 0 Å². The van der Waals surface area contributed by atoms with E-state index in [9.17, 15) is 9.59 Å². The van der Waals surface area contributed by atoms with Gasteiger partial charge in [-0.25, -0.2) is 0 Å². The van der Waals surface area contributed by atoms with E-state index in [1.54, 1.807) is 11.9 Å². The molecule has 0 aliphatic rings. The lowest BCUT2D eigenvalue weighted by molar-refractivity contribution is 0.0953. The number of amides is 2. The fourth-order valence-corrected chi connectivity index (χ4v) is 4.48. The minimum absolute atomic E-state index is 0.0701. The summed E-state index contributed by atoms with van der Waals surface area (Å²) in [5.74, 6) is -0.158. The minimum atomic E-state index is -0.210. The van der Waals surface area contributed by atoms with E-state index in [2.05, 4.69) is 19.2 Å². The molecule has 0 aliphatic heterocycles. The molecule has 1 aromatic carbocycles. The zero-order chi connectivity index (χ0) is 22.2. The summed E-state index contributed by atoms with van der Waals surface area (Å²) in [5, 5.41) is 3.96. The third-order valence-corrected chi connectivity index (χ3v) is 9.40. The first kappa shape index (κ1) is 22.7. The van der Waals surface area contributed by atoms with Crippen molar-refractivity contribution in [3.8, 4) is 0 Å². The zero-order valence-corrected chi connectivity index (χ0v) is 20.6. The van der Waals surface area contributed by atoms with Crippen molar-refractivity contribution in [2.45, 2.75) is 25.5 Å². The number of hydrogen-bond acceptors (Lipinski definition) is 4. The van der Waals surface area contributed by atoms with Crippen LogP contribution in [0, 0.1) is 6.92 Å².